The SMILES string of the molecule is CC(=O)Nc1ccc(-c2csc(Nc3nc(NC(=O)Nc4ccccc4)nc(NC(=O)Nc4ccccc4)n3)n2)cc1. The van der Waals surface area contributed by atoms with Crippen molar-refractivity contribution >= 4 is 69.3 Å². The van der Waals surface area contributed by atoms with Crippen LogP contribution in [0.3, 0.4) is 0 Å². The van der Waals surface area contributed by atoms with Gasteiger partial charge in [0.1, 0.15) is 0 Å². The summed E-state index contributed by atoms with van der Waals surface area (Å²) in [6.07, 6.45) is 0. The Morgan fingerprint density at radius 1 is 0.571 bits per heavy atom. The third kappa shape index (κ3) is 7.83. The lowest BCUT2D eigenvalue weighted by Crippen LogP contribution is -2.24. The fraction of sp³-hybridized carbons (Fsp3) is 0.0357. The molecule has 5 rings (SSSR count). The van der Waals surface area contributed by atoms with Crippen LogP contribution in [0.5, 0.6) is 0 Å². The molecule has 14 heteroatoms. The lowest BCUT2D eigenvalue weighted by atomic mass is 10.1. The van der Waals surface area contributed by atoms with Crippen LogP contribution in [0.4, 0.5) is 49.6 Å². The minimum atomic E-state index is -0.586. The number of benzene rings is 3. The normalized spacial score (nSPS) is 10.3. The van der Waals surface area contributed by atoms with Crippen LogP contribution >= 0.6 is 11.3 Å². The number of amides is 5. The third-order valence-electron chi connectivity index (χ3n) is 5.37. The van der Waals surface area contributed by atoms with E-state index in [9.17, 15) is 14.4 Å². The molecule has 6 N–H and O–H groups in total. The summed E-state index contributed by atoms with van der Waals surface area (Å²) < 4.78 is 0. The Labute approximate surface area is 243 Å². The number of hydrogen-bond donors (Lipinski definition) is 6. The highest BCUT2D eigenvalue weighted by Gasteiger charge is 2.14. The topological polar surface area (TPSA) is 175 Å². The van der Waals surface area contributed by atoms with Gasteiger partial charge in [-0.2, -0.15) is 15.0 Å². The van der Waals surface area contributed by atoms with Crippen molar-refractivity contribution in [1.29, 1.82) is 0 Å². The number of nitrogens with one attached hydrogen (secondary N) is 6. The molecule has 5 aromatic rings. The van der Waals surface area contributed by atoms with Crippen LogP contribution in [0.2, 0.25) is 0 Å². The molecule has 3 aromatic carbocycles. The maximum absolute atomic E-state index is 12.6. The molecule has 42 heavy (non-hydrogen) atoms. The molecule has 5 amide bonds. The van der Waals surface area contributed by atoms with E-state index < -0.39 is 12.1 Å². The summed E-state index contributed by atoms with van der Waals surface area (Å²) in [5, 5.41) is 18.5. The molecular formula is C28H24N10O3S. The number of urea groups is 2. The fourth-order valence-corrected chi connectivity index (χ4v) is 4.31. The van der Waals surface area contributed by atoms with Gasteiger partial charge in [-0.3, -0.25) is 20.7 Å². The summed E-state index contributed by atoms with van der Waals surface area (Å²) in [6.45, 7) is 1.45. The van der Waals surface area contributed by atoms with Gasteiger partial charge in [0.15, 0.2) is 5.13 Å². The molecule has 0 bridgehead atoms. The second-order valence-corrected chi connectivity index (χ2v) is 9.48. The summed E-state index contributed by atoms with van der Waals surface area (Å²) in [6, 6.07) is 23.8. The molecule has 210 valence electrons. The van der Waals surface area contributed by atoms with Gasteiger partial charge >= 0.3 is 12.1 Å². The van der Waals surface area contributed by atoms with E-state index >= 15 is 0 Å². The second-order valence-electron chi connectivity index (χ2n) is 8.62. The quantitative estimate of drug-likeness (QED) is 0.130. The summed E-state index contributed by atoms with van der Waals surface area (Å²) in [4.78, 5) is 53.8. The van der Waals surface area contributed by atoms with Gasteiger partial charge in [0, 0.05) is 34.9 Å². The van der Waals surface area contributed by atoms with Crippen molar-refractivity contribution in [3.8, 4) is 11.3 Å². The van der Waals surface area contributed by atoms with Gasteiger partial charge in [0.05, 0.1) is 5.69 Å². The Balaban J connectivity index is 1.34. The lowest BCUT2D eigenvalue weighted by Gasteiger charge is -2.11. The molecule has 0 fully saturated rings. The zero-order valence-electron chi connectivity index (χ0n) is 22.1. The van der Waals surface area contributed by atoms with Gasteiger partial charge in [0.25, 0.3) is 0 Å². The highest BCUT2D eigenvalue weighted by Crippen LogP contribution is 2.27. The van der Waals surface area contributed by atoms with Crippen LogP contribution in [-0.4, -0.2) is 37.9 Å². The van der Waals surface area contributed by atoms with Crippen molar-refractivity contribution in [1.82, 2.24) is 19.9 Å². The van der Waals surface area contributed by atoms with Crippen LogP contribution in [0, 0.1) is 0 Å². The van der Waals surface area contributed by atoms with Crippen LogP contribution < -0.4 is 31.9 Å². The highest BCUT2D eigenvalue weighted by molar-refractivity contribution is 7.14. The van der Waals surface area contributed by atoms with Crippen molar-refractivity contribution in [2.45, 2.75) is 6.92 Å². The summed E-state index contributed by atoms with van der Waals surface area (Å²) in [7, 11) is 0. The largest absolute Gasteiger partial charge is 0.326 e. The molecule has 0 saturated carbocycles. The zero-order chi connectivity index (χ0) is 29.3. The second kappa shape index (κ2) is 13.0. The summed E-state index contributed by atoms with van der Waals surface area (Å²) in [5.41, 5.74) is 3.35. The number of carbonyl (C=O) groups excluding carboxylic acids is 3. The Kier molecular flexibility index (Phi) is 8.55. The standard InChI is InChI=1S/C28H24N10O3S/c1-17(39)29-21-14-12-18(13-15-21)22-16-42-28(32-22)38-25-34-23(36-26(40)30-19-8-4-2-5-9-19)33-24(35-25)37-27(41)31-20-10-6-3-7-11-20/h2-16H,1H3,(H,29,39)(H5,30,31,32,33,34,35,36,37,38,40,41). The Hall–Kier alpha value is -5.89. The van der Waals surface area contributed by atoms with Gasteiger partial charge in [-0.25, -0.2) is 14.6 Å². The molecule has 0 unspecified atom stereocenters. The number of carbonyl (C=O) groups is 3. The maximum atomic E-state index is 12.6. The average Bonchev–Trinajstić information content (AvgIpc) is 3.42. The Bertz CT molecular complexity index is 1620. The minimum Gasteiger partial charge on any atom is -0.326 e. The number of rotatable bonds is 8. The number of para-hydroxylation sites is 2. The first-order valence-electron chi connectivity index (χ1n) is 12.5. The van der Waals surface area contributed by atoms with Crippen LogP contribution in [0.1, 0.15) is 6.92 Å². The summed E-state index contributed by atoms with van der Waals surface area (Å²) >= 11 is 1.31. The van der Waals surface area contributed by atoms with Crippen LogP contribution in [0.15, 0.2) is 90.3 Å². The van der Waals surface area contributed by atoms with E-state index in [0.717, 1.165) is 5.56 Å². The molecule has 0 aliphatic carbocycles. The molecule has 0 spiro atoms. The smallest absolute Gasteiger partial charge is 0.326 e. The number of hydrogen-bond acceptors (Lipinski definition) is 9. The monoisotopic (exact) mass is 580 g/mol. The van der Waals surface area contributed by atoms with E-state index in [4.69, 9.17) is 0 Å². The molecule has 0 radical (unpaired) electrons. The van der Waals surface area contributed by atoms with Gasteiger partial charge in [-0.1, -0.05) is 48.5 Å². The average molecular weight is 581 g/mol. The Morgan fingerprint density at radius 2 is 1.07 bits per heavy atom. The first-order valence-corrected chi connectivity index (χ1v) is 13.4. The molecule has 0 aliphatic heterocycles. The molecule has 0 saturated heterocycles. The predicted molar refractivity (Wildman–Crippen MR) is 163 cm³/mol. The number of anilines is 7. The van der Waals surface area contributed by atoms with E-state index in [1.165, 1.54) is 18.3 Å². The Morgan fingerprint density at radius 3 is 1.60 bits per heavy atom. The molecule has 0 atom stereocenters. The zero-order valence-corrected chi connectivity index (χ0v) is 22.9. The van der Waals surface area contributed by atoms with Crippen molar-refractivity contribution in [2.24, 2.45) is 0 Å². The predicted octanol–water partition coefficient (Wildman–Crippen LogP) is 5.99. The first-order chi connectivity index (χ1) is 20.4. The lowest BCUT2D eigenvalue weighted by molar-refractivity contribution is -0.114. The highest BCUT2D eigenvalue weighted by atomic mass is 32.1. The van der Waals surface area contributed by atoms with E-state index in [-0.39, 0.29) is 23.8 Å². The molecule has 2 aromatic heterocycles. The first kappa shape index (κ1) is 27.7. The maximum Gasteiger partial charge on any atom is 0.326 e. The molecule has 13 nitrogen and oxygen atoms in total. The van der Waals surface area contributed by atoms with Gasteiger partial charge in [-0.05, 0) is 36.4 Å². The van der Waals surface area contributed by atoms with E-state index in [0.29, 0.717) is 27.9 Å². The summed E-state index contributed by atoms with van der Waals surface area (Å²) in [5.74, 6) is -0.336. The van der Waals surface area contributed by atoms with Gasteiger partial charge in [0.2, 0.25) is 23.8 Å². The van der Waals surface area contributed by atoms with E-state index in [1.54, 1.807) is 60.7 Å². The minimum absolute atomic E-state index is 0.0388. The number of thiazole rings is 1. The van der Waals surface area contributed by atoms with E-state index in [2.05, 4.69) is 51.8 Å². The molecule has 2 heterocycles. The van der Waals surface area contributed by atoms with Crippen molar-refractivity contribution in [3.05, 3.63) is 90.3 Å². The van der Waals surface area contributed by atoms with Crippen LogP contribution in [-0.2, 0) is 4.79 Å². The third-order valence-corrected chi connectivity index (χ3v) is 6.13. The van der Waals surface area contributed by atoms with Crippen LogP contribution in [0.25, 0.3) is 11.3 Å². The van der Waals surface area contributed by atoms with Crippen molar-refractivity contribution in [2.75, 3.05) is 31.9 Å². The van der Waals surface area contributed by atoms with Gasteiger partial charge in [-0.15, -0.1) is 11.3 Å². The molecular weight excluding hydrogens is 556 g/mol. The van der Waals surface area contributed by atoms with E-state index in [1.807, 2.05) is 29.6 Å². The fourth-order valence-electron chi connectivity index (χ4n) is 3.60. The van der Waals surface area contributed by atoms with Gasteiger partial charge < -0.3 is 16.0 Å². The molecule has 0 aliphatic rings. The van der Waals surface area contributed by atoms with Crippen molar-refractivity contribution in [3.63, 3.8) is 0 Å². The van der Waals surface area contributed by atoms with Crippen molar-refractivity contribution < 1.29 is 14.4 Å². The number of nitrogens with zero attached hydrogens (tertiary/aromatic N) is 4. The number of aromatic nitrogens is 4.